The first kappa shape index (κ1) is 20.4. The van der Waals surface area contributed by atoms with Crippen molar-refractivity contribution < 1.29 is 9.13 Å². The van der Waals surface area contributed by atoms with Gasteiger partial charge in [-0.1, -0.05) is 63.4 Å². The zero-order valence-corrected chi connectivity index (χ0v) is 17.5. The highest BCUT2D eigenvalue weighted by atomic mass is 79.9. The molecule has 3 rings (SSSR count). The van der Waals surface area contributed by atoms with Crippen LogP contribution in [-0.2, 0) is 6.61 Å². The van der Waals surface area contributed by atoms with E-state index in [0.717, 1.165) is 10.0 Å². The minimum Gasteiger partial charge on any atom is -0.486 e. The number of halogens is 4. The maximum atomic E-state index is 13.3. The Morgan fingerprint density at radius 3 is 2.36 bits per heavy atom. The van der Waals surface area contributed by atoms with Crippen molar-refractivity contribution in [3.8, 4) is 11.8 Å². The van der Waals surface area contributed by atoms with E-state index in [2.05, 4.69) is 22.0 Å². The largest absolute Gasteiger partial charge is 0.486 e. The number of nitriles is 1. The molecule has 0 radical (unpaired) electrons. The number of hydrogen-bond donors (Lipinski definition) is 0. The molecule has 140 valence electrons. The lowest BCUT2D eigenvalue weighted by molar-refractivity contribution is 0.306. The van der Waals surface area contributed by atoms with Crippen LogP contribution in [0.4, 0.5) is 4.39 Å². The maximum Gasteiger partial charge on any atom is 0.157 e. The molecule has 0 aliphatic heterocycles. The fourth-order valence-electron chi connectivity index (χ4n) is 2.56. The molecule has 0 amide bonds. The average Bonchev–Trinajstić information content (AvgIpc) is 2.66. The quantitative estimate of drug-likeness (QED) is 0.281. The van der Waals surface area contributed by atoms with Crippen molar-refractivity contribution in [2.24, 2.45) is 0 Å². The van der Waals surface area contributed by atoms with Gasteiger partial charge in [0.2, 0.25) is 0 Å². The van der Waals surface area contributed by atoms with Gasteiger partial charge in [-0.15, -0.1) is 0 Å². The fourth-order valence-corrected chi connectivity index (χ4v) is 3.44. The summed E-state index contributed by atoms with van der Waals surface area (Å²) in [6, 6.07) is 19.1. The van der Waals surface area contributed by atoms with E-state index < -0.39 is 0 Å². The minimum absolute atomic E-state index is 0.134. The summed E-state index contributed by atoms with van der Waals surface area (Å²) >= 11 is 16.0. The van der Waals surface area contributed by atoms with Crippen LogP contribution >= 0.6 is 39.1 Å². The Balaban J connectivity index is 1.84. The summed E-state index contributed by atoms with van der Waals surface area (Å²) in [7, 11) is 0. The molecule has 0 aliphatic rings. The summed E-state index contributed by atoms with van der Waals surface area (Å²) in [6.45, 7) is 0.134. The van der Waals surface area contributed by atoms with Crippen LogP contribution in [0.15, 0.2) is 65.1 Å². The molecule has 2 nitrogen and oxygen atoms in total. The number of hydrogen-bond acceptors (Lipinski definition) is 2. The zero-order valence-electron chi connectivity index (χ0n) is 14.4. The van der Waals surface area contributed by atoms with Crippen LogP contribution in [-0.4, -0.2) is 0 Å². The van der Waals surface area contributed by atoms with Gasteiger partial charge in [0.25, 0.3) is 0 Å². The highest BCUT2D eigenvalue weighted by Crippen LogP contribution is 2.36. The molecule has 0 atom stereocenters. The topological polar surface area (TPSA) is 33.0 Å². The van der Waals surface area contributed by atoms with Crippen molar-refractivity contribution in [3.05, 3.63) is 97.7 Å². The predicted octanol–water partition coefficient (Wildman–Crippen LogP) is 7.54. The highest BCUT2D eigenvalue weighted by molar-refractivity contribution is 9.10. The van der Waals surface area contributed by atoms with E-state index in [-0.39, 0.29) is 12.4 Å². The van der Waals surface area contributed by atoms with E-state index in [1.165, 1.54) is 12.1 Å². The number of allylic oxidation sites excluding steroid dienone is 1. The van der Waals surface area contributed by atoms with Crippen molar-refractivity contribution in [3.63, 3.8) is 0 Å². The Kier molecular flexibility index (Phi) is 6.74. The summed E-state index contributed by atoms with van der Waals surface area (Å²) < 4.78 is 19.9. The van der Waals surface area contributed by atoms with E-state index in [1.54, 1.807) is 30.3 Å². The molecule has 6 heteroatoms. The Hall–Kier alpha value is -2.32. The molecule has 3 aromatic carbocycles. The minimum atomic E-state index is -0.337. The Bertz CT molecular complexity index is 1050. The van der Waals surface area contributed by atoms with Gasteiger partial charge in [0, 0.05) is 4.47 Å². The maximum absolute atomic E-state index is 13.3. The molecule has 0 bridgehead atoms. The van der Waals surface area contributed by atoms with E-state index in [1.807, 2.05) is 24.3 Å². The Morgan fingerprint density at radius 2 is 1.75 bits per heavy atom. The van der Waals surface area contributed by atoms with Gasteiger partial charge >= 0.3 is 0 Å². The van der Waals surface area contributed by atoms with Gasteiger partial charge in [0.1, 0.15) is 12.4 Å². The van der Waals surface area contributed by atoms with Crippen molar-refractivity contribution in [1.82, 2.24) is 0 Å². The summed E-state index contributed by atoms with van der Waals surface area (Å²) in [6.07, 6.45) is 1.71. The molecule has 0 N–H and O–H groups in total. The van der Waals surface area contributed by atoms with Crippen LogP contribution in [0.25, 0.3) is 11.6 Å². The van der Waals surface area contributed by atoms with E-state index >= 15 is 0 Å². The fraction of sp³-hybridized carbons (Fsp3) is 0.0455. The third-order valence-electron chi connectivity index (χ3n) is 3.88. The smallest absolute Gasteiger partial charge is 0.157 e. The molecule has 0 saturated heterocycles. The van der Waals surface area contributed by atoms with Crippen molar-refractivity contribution in [2.45, 2.75) is 6.61 Å². The van der Waals surface area contributed by atoms with Gasteiger partial charge < -0.3 is 4.74 Å². The molecule has 0 spiro atoms. The number of rotatable bonds is 5. The molecule has 28 heavy (non-hydrogen) atoms. The summed E-state index contributed by atoms with van der Waals surface area (Å²) in [5, 5.41) is 10.1. The van der Waals surface area contributed by atoms with Crippen LogP contribution in [0, 0.1) is 17.1 Å². The first-order valence-electron chi connectivity index (χ1n) is 8.20. The molecule has 0 aliphatic carbocycles. The summed E-state index contributed by atoms with van der Waals surface area (Å²) in [5.41, 5.74) is 2.60. The molecule has 0 aromatic heterocycles. The molecule has 0 unspecified atom stereocenters. The summed E-state index contributed by atoms with van der Waals surface area (Å²) in [4.78, 5) is 0. The van der Waals surface area contributed by atoms with Crippen LogP contribution < -0.4 is 4.74 Å². The van der Waals surface area contributed by atoms with E-state index in [4.69, 9.17) is 27.9 Å². The van der Waals surface area contributed by atoms with Crippen LogP contribution in [0.1, 0.15) is 16.7 Å². The first-order chi connectivity index (χ1) is 13.5. The third-order valence-corrected chi connectivity index (χ3v) is 4.97. The van der Waals surface area contributed by atoms with Gasteiger partial charge in [-0.2, -0.15) is 5.26 Å². The predicted molar refractivity (Wildman–Crippen MR) is 115 cm³/mol. The zero-order chi connectivity index (χ0) is 20.1. The SMILES string of the molecule is N#C/C(=C\c1cc(Cl)c(OCc2cccc(F)c2)c(Cl)c1)c1ccc(Br)cc1. The number of nitrogens with zero attached hydrogens (tertiary/aromatic N) is 1. The second kappa shape index (κ2) is 9.25. The van der Waals surface area contributed by atoms with Crippen LogP contribution in [0.3, 0.4) is 0 Å². The molecular formula is C22H13BrCl2FNO. The van der Waals surface area contributed by atoms with Gasteiger partial charge in [0.15, 0.2) is 5.75 Å². The summed E-state index contributed by atoms with van der Waals surface area (Å²) in [5.74, 6) is -0.0253. The second-order valence-corrected chi connectivity index (χ2v) is 7.64. The second-order valence-electron chi connectivity index (χ2n) is 5.91. The van der Waals surface area contributed by atoms with Crippen molar-refractivity contribution in [2.75, 3.05) is 0 Å². The number of benzene rings is 3. The third kappa shape index (κ3) is 5.14. The Morgan fingerprint density at radius 1 is 1.07 bits per heavy atom. The van der Waals surface area contributed by atoms with Crippen molar-refractivity contribution >= 4 is 50.8 Å². The van der Waals surface area contributed by atoms with Crippen LogP contribution in [0.2, 0.25) is 10.0 Å². The van der Waals surface area contributed by atoms with E-state index in [9.17, 15) is 9.65 Å². The molecular weight excluding hydrogens is 464 g/mol. The number of ether oxygens (including phenoxy) is 1. The highest BCUT2D eigenvalue weighted by Gasteiger charge is 2.11. The van der Waals surface area contributed by atoms with Gasteiger partial charge in [-0.05, 0) is 59.2 Å². The molecule has 0 fully saturated rings. The lowest BCUT2D eigenvalue weighted by atomic mass is 10.0. The van der Waals surface area contributed by atoms with Gasteiger partial charge in [-0.3, -0.25) is 0 Å². The standard InChI is InChI=1S/C22H13BrCl2FNO/c23-18-6-4-16(5-7-18)17(12-27)8-15-10-20(24)22(21(25)11-15)28-13-14-2-1-3-19(26)9-14/h1-11H,13H2/b17-8+. The molecule has 3 aromatic rings. The lowest BCUT2D eigenvalue weighted by Crippen LogP contribution is -1.97. The van der Waals surface area contributed by atoms with Crippen molar-refractivity contribution in [1.29, 1.82) is 5.26 Å². The first-order valence-corrected chi connectivity index (χ1v) is 9.75. The van der Waals surface area contributed by atoms with Gasteiger partial charge in [0.05, 0.1) is 21.7 Å². The molecule has 0 saturated carbocycles. The van der Waals surface area contributed by atoms with Crippen LogP contribution in [0.5, 0.6) is 5.75 Å². The molecule has 0 heterocycles. The van der Waals surface area contributed by atoms with E-state index in [0.29, 0.717) is 32.5 Å². The average molecular weight is 477 g/mol. The normalized spacial score (nSPS) is 11.2. The lowest BCUT2D eigenvalue weighted by Gasteiger charge is -2.11. The monoisotopic (exact) mass is 475 g/mol. The van der Waals surface area contributed by atoms with Gasteiger partial charge in [-0.25, -0.2) is 4.39 Å². The Labute approximate surface area is 180 Å².